The summed E-state index contributed by atoms with van der Waals surface area (Å²) in [6.07, 6.45) is 3.17. The van der Waals surface area contributed by atoms with Crippen molar-refractivity contribution in [3.63, 3.8) is 0 Å². The molecule has 27 heavy (non-hydrogen) atoms. The molecule has 1 N–H and O–H groups in total. The first kappa shape index (κ1) is 17.5. The van der Waals surface area contributed by atoms with Gasteiger partial charge in [-0.3, -0.25) is 0 Å². The number of aliphatic hydroxyl groups is 1. The fourth-order valence-corrected chi connectivity index (χ4v) is 3.61. The number of pyridine rings is 1. The Morgan fingerprint density at radius 1 is 1.22 bits per heavy atom. The zero-order chi connectivity index (χ0) is 18.6. The third kappa shape index (κ3) is 3.64. The van der Waals surface area contributed by atoms with Crippen molar-refractivity contribution in [1.82, 2.24) is 19.4 Å². The quantitative estimate of drug-likeness (QED) is 0.768. The van der Waals surface area contributed by atoms with Crippen molar-refractivity contribution in [2.45, 2.75) is 32.1 Å². The zero-order valence-electron chi connectivity index (χ0n) is 15.0. The summed E-state index contributed by atoms with van der Waals surface area (Å²) < 4.78 is 7.44. The standard InChI is InChI=1S/C20H22N4O3/c25-13-18-22-17-9-4-10-21-19(17)24(18)16-8-5-11-23(12-16)20(26)27-14-15-6-2-1-3-7-15/h1-4,6-7,9-10,16,25H,5,8,11-14H2. The van der Waals surface area contributed by atoms with Crippen LogP contribution in [0.2, 0.25) is 0 Å². The number of piperidine rings is 1. The van der Waals surface area contributed by atoms with E-state index >= 15 is 0 Å². The SMILES string of the molecule is O=C(OCc1ccccc1)N1CCCC(n2c(CO)nc3cccnc32)C1. The van der Waals surface area contributed by atoms with Crippen LogP contribution in [-0.4, -0.2) is 43.7 Å². The lowest BCUT2D eigenvalue weighted by atomic mass is 10.1. The van der Waals surface area contributed by atoms with E-state index in [4.69, 9.17) is 4.74 Å². The molecular weight excluding hydrogens is 344 g/mol. The fourth-order valence-electron chi connectivity index (χ4n) is 3.61. The molecular formula is C20H22N4O3. The number of rotatable bonds is 4. The van der Waals surface area contributed by atoms with Crippen LogP contribution in [0.25, 0.3) is 11.2 Å². The molecule has 1 aliphatic rings. The summed E-state index contributed by atoms with van der Waals surface area (Å²) in [7, 11) is 0. The van der Waals surface area contributed by atoms with Crippen LogP contribution < -0.4 is 0 Å². The van der Waals surface area contributed by atoms with Gasteiger partial charge in [-0.2, -0.15) is 0 Å². The van der Waals surface area contributed by atoms with Gasteiger partial charge in [-0.25, -0.2) is 14.8 Å². The van der Waals surface area contributed by atoms with E-state index < -0.39 is 0 Å². The van der Waals surface area contributed by atoms with Crippen LogP contribution in [0.4, 0.5) is 4.79 Å². The summed E-state index contributed by atoms with van der Waals surface area (Å²) >= 11 is 0. The van der Waals surface area contributed by atoms with E-state index in [1.165, 1.54) is 0 Å². The van der Waals surface area contributed by atoms with Gasteiger partial charge in [-0.15, -0.1) is 0 Å². The van der Waals surface area contributed by atoms with E-state index in [0.717, 1.165) is 29.6 Å². The van der Waals surface area contributed by atoms with Gasteiger partial charge in [-0.05, 0) is 30.5 Å². The van der Waals surface area contributed by atoms with Gasteiger partial charge in [0.1, 0.15) is 24.6 Å². The molecule has 3 heterocycles. The fraction of sp³-hybridized carbons (Fsp3) is 0.350. The largest absolute Gasteiger partial charge is 0.445 e. The minimum absolute atomic E-state index is 0.0186. The number of aromatic nitrogens is 3. The second-order valence-electron chi connectivity index (χ2n) is 6.68. The van der Waals surface area contributed by atoms with E-state index in [9.17, 15) is 9.90 Å². The summed E-state index contributed by atoms with van der Waals surface area (Å²) in [4.78, 5) is 23.1. The number of carbonyl (C=O) groups is 1. The van der Waals surface area contributed by atoms with Gasteiger partial charge in [0.2, 0.25) is 0 Å². The monoisotopic (exact) mass is 366 g/mol. The van der Waals surface area contributed by atoms with Crippen molar-refractivity contribution in [1.29, 1.82) is 0 Å². The molecule has 1 fully saturated rings. The number of hydrogen-bond acceptors (Lipinski definition) is 5. The van der Waals surface area contributed by atoms with Gasteiger partial charge >= 0.3 is 6.09 Å². The maximum Gasteiger partial charge on any atom is 0.410 e. The van der Waals surface area contributed by atoms with E-state index in [1.54, 1.807) is 11.1 Å². The molecule has 3 aromatic rings. The molecule has 0 spiro atoms. The normalized spacial score (nSPS) is 17.2. The van der Waals surface area contributed by atoms with E-state index in [2.05, 4.69) is 9.97 Å². The molecule has 140 valence electrons. The maximum absolute atomic E-state index is 12.5. The van der Waals surface area contributed by atoms with Crippen molar-refractivity contribution in [2.75, 3.05) is 13.1 Å². The highest BCUT2D eigenvalue weighted by molar-refractivity contribution is 5.71. The minimum Gasteiger partial charge on any atom is -0.445 e. The highest BCUT2D eigenvalue weighted by Gasteiger charge is 2.28. The smallest absolute Gasteiger partial charge is 0.410 e. The van der Waals surface area contributed by atoms with Crippen LogP contribution in [0.3, 0.4) is 0 Å². The molecule has 0 aliphatic carbocycles. The van der Waals surface area contributed by atoms with Crippen LogP contribution >= 0.6 is 0 Å². The molecule has 1 aromatic carbocycles. The lowest BCUT2D eigenvalue weighted by Crippen LogP contribution is -2.41. The maximum atomic E-state index is 12.5. The molecule has 0 saturated carbocycles. The average molecular weight is 366 g/mol. The number of ether oxygens (including phenoxy) is 1. The lowest BCUT2D eigenvalue weighted by Gasteiger charge is -2.33. The Bertz CT molecular complexity index is 925. The van der Waals surface area contributed by atoms with Gasteiger partial charge in [0, 0.05) is 19.3 Å². The third-order valence-electron chi connectivity index (χ3n) is 4.89. The van der Waals surface area contributed by atoms with Gasteiger partial charge in [0.15, 0.2) is 5.65 Å². The molecule has 1 atom stereocenters. The predicted octanol–water partition coefficient (Wildman–Crippen LogP) is 2.90. The summed E-state index contributed by atoms with van der Waals surface area (Å²) in [5.41, 5.74) is 2.46. The Balaban J connectivity index is 1.49. The number of likely N-dealkylation sites (tertiary alicyclic amines) is 1. The summed E-state index contributed by atoms with van der Waals surface area (Å²) in [5.74, 6) is 0.577. The number of carbonyl (C=O) groups excluding carboxylic acids is 1. The zero-order valence-corrected chi connectivity index (χ0v) is 15.0. The van der Waals surface area contributed by atoms with Crippen molar-refractivity contribution >= 4 is 17.3 Å². The van der Waals surface area contributed by atoms with E-state index in [1.807, 2.05) is 47.0 Å². The van der Waals surface area contributed by atoms with Crippen LogP contribution in [0.1, 0.15) is 30.3 Å². The van der Waals surface area contributed by atoms with Crippen molar-refractivity contribution in [2.24, 2.45) is 0 Å². The lowest BCUT2D eigenvalue weighted by molar-refractivity contribution is 0.0798. The first-order chi connectivity index (χ1) is 13.3. The van der Waals surface area contributed by atoms with E-state index in [-0.39, 0.29) is 25.3 Å². The predicted molar refractivity (Wildman–Crippen MR) is 99.9 cm³/mol. The first-order valence-corrected chi connectivity index (χ1v) is 9.14. The molecule has 2 aromatic heterocycles. The molecule has 1 aliphatic heterocycles. The second kappa shape index (κ2) is 7.75. The molecule has 1 unspecified atom stereocenters. The highest BCUT2D eigenvalue weighted by Crippen LogP contribution is 2.27. The number of amides is 1. The summed E-state index contributed by atoms with van der Waals surface area (Å²) in [6.45, 7) is 1.28. The number of imidazole rings is 1. The second-order valence-corrected chi connectivity index (χ2v) is 6.68. The summed E-state index contributed by atoms with van der Waals surface area (Å²) in [6, 6.07) is 13.4. The molecule has 0 radical (unpaired) electrons. The van der Waals surface area contributed by atoms with Crippen LogP contribution in [0.15, 0.2) is 48.7 Å². The number of benzene rings is 1. The van der Waals surface area contributed by atoms with E-state index in [0.29, 0.717) is 18.9 Å². The minimum atomic E-state index is -0.313. The third-order valence-corrected chi connectivity index (χ3v) is 4.89. The van der Waals surface area contributed by atoms with Crippen LogP contribution in [0, 0.1) is 0 Å². The number of hydrogen-bond donors (Lipinski definition) is 1. The van der Waals surface area contributed by atoms with Gasteiger partial charge in [-0.1, -0.05) is 30.3 Å². The van der Waals surface area contributed by atoms with Crippen LogP contribution in [-0.2, 0) is 18.0 Å². The molecule has 7 nitrogen and oxygen atoms in total. The number of aliphatic hydroxyl groups excluding tert-OH is 1. The Morgan fingerprint density at radius 3 is 2.89 bits per heavy atom. The molecule has 1 saturated heterocycles. The average Bonchev–Trinajstić information content (AvgIpc) is 3.11. The Labute approximate surface area is 157 Å². The van der Waals surface area contributed by atoms with Crippen LogP contribution in [0.5, 0.6) is 0 Å². The molecule has 0 bridgehead atoms. The molecule has 1 amide bonds. The van der Waals surface area contributed by atoms with Crippen molar-refractivity contribution in [3.05, 3.63) is 60.0 Å². The Morgan fingerprint density at radius 2 is 2.07 bits per heavy atom. The first-order valence-electron chi connectivity index (χ1n) is 9.14. The number of fused-ring (bicyclic) bond motifs is 1. The van der Waals surface area contributed by atoms with Crippen molar-refractivity contribution in [3.8, 4) is 0 Å². The highest BCUT2D eigenvalue weighted by atomic mass is 16.6. The van der Waals surface area contributed by atoms with Gasteiger partial charge in [0.05, 0.1) is 6.04 Å². The Hall–Kier alpha value is -2.93. The Kier molecular flexibility index (Phi) is 5.02. The van der Waals surface area contributed by atoms with Crippen molar-refractivity contribution < 1.29 is 14.6 Å². The van der Waals surface area contributed by atoms with Gasteiger partial charge < -0.3 is 19.3 Å². The number of nitrogens with zero attached hydrogens (tertiary/aromatic N) is 4. The molecule has 7 heteroatoms. The topological polar surface area (TPSA) is 80.5 Å². The summed E-state index contributed by atoms with van der Waals surface area (Å²) in [5, 5.41) is 9.72. The van der Waals surface area contributed by atoms with Gasteiger partial charge in [0.25, 0.3) is 0 Å². The molecule has 4 rings (SSSR count).